The van der Waals surface area contributed by atoms with Gasteiger partial charge in [-0.1, -0.05) is 32.6 Å². The van der Waals surface area contributed by atoms with Crippen molar-refractivity contribution in [2.75, 3.05) is 6.61 Å². The quantitative estimate of drug-likeness (QED) is 0.451. The predicted molar refractivity (Wildman–Crippen MR) is 56.7 cm³/mol. The molecule has 7 heteroatoms. The SMILES string of the molecule is CC1(COS(=O)(=O)C(F)(F)F)CCCCCC1. The van der Waals surface area contributed by atoms with Gasteiger partial charge in [-0.3, -0.25) is 4.18 Å². The van der Waals surface area contributed by atoms with Crippen LogP contribution in [0.3, 0.4) is 0 Å². The van der Waals surface area contributed by atoms with Crippen molar-refractivity contribution in [2.45, 2.75) is 51.0 Å². The van der Waals surface area contributed by atoms with Gasteiger partial charge in [0.25, 0.3) is 0 Å². The Bertz CT molecular complexity index is 340. The summed E-state index contributed by atoms with van der Waals surface area (Å²) in [6.45, 7) is 1.40. The minimum Gasteiger partial charge on any atom is -0.263 e. The standard InChI is InChI=1S/C10H17F3O3S/c1-9(6-4-2-3-5-7-9)8-16-17(14,15)10(11,12)13/h2-8H2,1H3. The molecule has 0 saturated heterocycles. The summed E-state index contributed by atoms with van der Waals surface area (Å²) in [5.41, 5.74) is -5.79. The number of halogens is 3. The lowest BCUT2D eigenvalue weighted by Gasteiger charge is -2.27. The van der Waals surface area contributed by atoms with Crippen LogP contribution in [0.1, 0.15) is 45.4 Å². The Morgan fingerprint density at radius 1 is 1.12 bits per heavy atom. The largest absolute Gasteiger partial charge is 0.523 e. The van der Waals surface area contributed by atoms with Crippen molar-refractivity contribution in [1.82, 2.24) is 0 Å². The molecule has 0 aromatic rings. The van der Waals surface area contributed by atoms with Crippen molar-refractivity contribution in [2.24, 2.45) is 5.41 Å². The maximum absolute atomic E-state index is 12.1. The van der Waals surface area contributed by atoms with Crippen LogP contribution in [0, 0.1) is 5.41 Å². The fourth-order valence-electron chi connectivity index (χ4n) is 2.01. The van der Waals surface area contributed by atoms with Crippen LogP contribution in [0.25, 0.3) is 0 Å². The molecule has 0 atom stereocenters. The number of rotatable bonds is 3. The summed E-state index contributed by atoms with van der Waals surface area (Å²) in [7, 11) is -5.45. The average Bonchev–Trinajstić information content (AvgIpc) is 2.40. The van der Waals surface area contributed by atoms with E-state index < -0.39 is 21.0 Å². The van der Waals surface area contributed by atoms with Crippen LogP contribution in [0.15, 0.2) is 0 Å². The van der Waals surface area contributed by atoms with E-state index in [4.69, 9.17) is 0 Å². The smallest absolute Gasteiger partial charge is 0.263 e. The first-order valence-electron chi connectivity index (χ1n) is 5.62. The monoisotopic (exact) mass is 274 g/mol. The molecule has 3 nitrogen and oxygen atoms in total. The third kappa shape index (κ3) is 4.13. The molecule has 0 aromatic carbocycles. The second-order valence-electron chi connectivity index (χ2n) is 4.89. The molecule has 1 fully saturated rings. The van der Waals surface area contributed by atoms with E-state index in [0.29, 0.717) is 12.8 Å². The molecule has 0 N–H and O–H groups in total. The molecule has 0 aliphatic heterocycles. The maximum atomic E-state index is 12.1. The van der Waals surface area contributed by atoms with E-state index in [0.717, 1.165) is 25.7 Å². The van der Waals surface area contributed by atoms with E-state index in [2.05, 4.69) is 4.18 Å². The number of hydrogen-bond donors (Lipinski definition) is 0. The Morgan fingerprint density at radius 2 is 1.59 bits per heavy atom. The molecule has 102 valence electrons. The molecular formula is C10H17F3O3S. The summed E-state index contributed by atoms with van der Waals surface area (Å²) in [4.78, 5) is 0. The molecule has 0 bridgehead atoms. The van der Waals surface area contributed by atoms with Gasteiger partial charge in [-0.25, -0.2) is 0 Å². The Hall–Kier alpha value is -0.300. The Balaban J connectivity index is 2.60. The van der Waals surface area contributed by atoms with Gasteiger partial charge >= 0.3 is 15.6 Å². The maximum Gasteiger partial charge on any atom is 0.523 e. The topological polar surface area (TPSA) is 43.4 Å². The van der Waals surface area contributed by atoms with E-state index in [1.165, 1.54) is 0 Å². The summed E-state index contributed by atoms with van der Waals surface area (Å²) >= 11 is 0. The molecule has 1 rings (SSSR count). The Kier molecular flexibility index (Phi) is 4.46. The van der Waals surface area contributed by atoms with Gasteiger partial charge in [0.15, 0.2) is 0 Å². The van der Waals surface area contributed by atoms with Crippen molar-refractivity contribution in [3.63, 3.8) is 0 Å². The second kappa shape index (κ2) is 5.14. The lowest BCUT2D eigenvalue weighted by atomic mass is 9.84. The van der Waals surface area contributed by atoms with E-state index in [1.54, 1.807) is 6.92 Å². The molecule has 17 heavy (non-hydrogen) atoms. The molecular weight excluding hydrogens is 257 g/mol. The van der Waals surface area contributed by atoms with Crippen LogP contribution in [-0.2, 0) is 14.3 Å². The summed E-state index contributed by atoms with van der Waals surface area (Å²) in [6.07, 6.45) is 5.32. The minimum atomic E-state index is -5.45. The molecule has 1 aliphatic carbocycles. The van der Waals surface area contributed by atoms with E-state index in [-0.39, 0.29) is 6.61 Å². The first-order valence-corrected chi connectivity index (χ1v) is 7.03. The summed E-state index contributed by atoms with van der Waals surface area (Å²) < 4.78 is 61.9. The fourth-order valence-corrected chi connectivity index (χ4v) is 2.59. The molecule has 0 aromatic heterocycles. The highest BCUT2D eigenvalue weighted by atomic mass is 32.2. The lowest BCUT2D eigenvalue weighted by Crippen LogP contribution is -2.31. The van der Waals surface area contributed by atoms with Gasteiger partial charge in [-0.15, -0.1) is 0 Å². The van der Waals surface area contributed by atoms with Crippen LogP contribution >= 0.6 is 0 Å². The zero-order valence-electron chi connectivity index (χ0n) is 9.72. The van der Waals surface area contributed by atoms with E-state index >= 15 is 0 Å². The second-order valence-corrected chi connectivity index (χ2v) is 6.49. The third-order valence-electron chi connectivity index (χ3n) is 3.16. The third-order valence-corrected chi connectivity index (χ3v) is 4.15. The van der Waals surface area contributed by atoms with Gasteiger partial charge in [-0.05, 0) is 18.3 Å². The molecule has 1 aliphatic rings. The molecule has 0 heterocycles. The van der Waals surface area contributed by atoms with Gasteiger partial charge in [0.1, 0.15) is 0 Å². The minimum absolute atomic E-state index is 0.380. The molecule has 0 spiro atoms. The zero-order valence-corrected chi connectivity index (χ0v) is 10.5. The number of alkyl halides is 3. The first-order chi connectivity index (χ1) is 7.66. The van der Waals surface area contributed by atoms with Crippen LogP contribution in [0.2, 0.25) is 0 Å². The van der Waals surface area contributed by atoms with Crippen molar-refractivity contribution in [3.8, 4) is 0 Å². The van der Waals surface area contributed by atoms with E-state index in [9.17, 15) is 21.6 Å². The highest BCUT2D eigenvalue weighted by Crippen LogP contribution is 2.36. The van der Waals surface area contributed by atoms with Crippen LogP contribution in [0.4, 0.5) is 13.2 Å². The summed E-state index contributed by atoms with van der Waals surface area (Å²) in [5.74, 6) is 0. The first kappa shape index (κ1) is 14.8. The van der Waals surface area contributed by atoms with Crippen molar-refractivity contribution in [3.05, 3.63) is 0 Å². The fraction of sp³-hybridized carbons (Fsp3) is 1.00. The number of hydrogen-bond acceptors (Lipinski definition) is 3. The Labute approximate surface area is 99.5 Å². The van der Waals surface area contributed by atoms with E-state index in [1.807, 2.05) is 0 Å². The van der Waals surface area contributed by atoms with Crippen molar-refractivity contribution < 1.29 is 25.8 Å². The molecule has 0 unspecified atom stereocenters. The van der Waals surface area contributed by atoms with Crippen LogP contribution in [0.5, 0.6) is 0 Å². The summed E-state index contributed by atoms with van der Waals surface area (Å²) in [5, 5.41) is 0. The molecule has 0 radical (unpaired) electrons. The van der Waals surface area contributed by atoms with Gasteiger partial charge < -0.3 is 0 Å². The van der Waals surface area contributed by atoms with Gasteiger partial charge in [0, 0.05) is 0 Å². The normalized spacial score (nSPS) is 22.1. The lowest BCUT2D eigenvalue weighted by molar-refractivity contribution is -0.0567. The van der Waals surface area contributed by atoms with Crippen molar-refractivity contribution in [1.29, 1.82) is 0 Å². The zero-order chi connectivity index (χ0) is 13.2. The van der Waals surface area contributed by atoms with Gasteiger partial charge in [0.05, 0.1) is 6.61 Å². The van der Waals surface area contributed by atoms with Crippen LogP contribution < -0.4 is 0 Å². The van der Waals surface area contributed by atoms with Gasteiger partial charge in [-0.2, -0.15) is 21.6 Å². The van der Waals surface area contributed by atoms with Crippen LogP contribution in [-0.4, -0.2) is 20.5 Å². The van der Waals surface area contributed by atoms with Gasteiger partial charge in [0.2, 0.25) is 0 Å². The highest BCUT2D eigenvalue weighted by molar-refractivity contribution is 7.87. The predicted octanol–water partition coefficient (Wildman–Crippen LogP) is 3.21. The average molecular weight is 274 g/mol. The highest BCUT2D eigenvalue weighted by Gasteiger charge is 2.48. The van der Waals surface area contributed by atoms with Crippen molar-refractivity contribution >= 4 is 10.1 Å². The molecule has 0 amide bonds. The molecule has 1 saturated carbocycles. The Morgan fingerprint density at radius 3 is 2.00 bits per heavy atom. The summed E-state index contributed by atoms with van der Waals surface area (Å²) in [6, 6.07) is 0.